The van der Waals surface area contributed by atoms with Gasteiger partial charge in [0.25, 0.3) is 0 Å². The fourth-order valence-electron chi connectivity index (χ4n) is 3.94. The van der Waals surface area contributed by atoms with Gasteiger partial charge in [0.2, 0.25) is 5.91 Å². The maximum atomic E-state index is 13.2. The summed E-state index contributed by atoms with van der Waals surface area (Å²) in [6.45, 7) is 0.718. The van der Waals surface area contributed by atoms with Gasteiger partial charge in [-0.15, -0.1) is 10.2 Å². The number of thioether (sulfide) groups is 1. The molecule has 1 saturated heterocycles. The molecule has 9 heteroatoms. The Morgan fingerprint density at radius 3 is 2.53 bits per heavy atom. The van der Waals surface area contributed by atoms with E-state index in [2.05, 4.69) is 10.2 Å². The lowest BCUT2D eigenvalue weighted by molar-refractivity contribution is -0.129. The first-order valence-corrected chi connectivity index (χ1v) is 11.3. The summed E-state index contributed by atoms with van der Waals surface area (Å²) in [4.78, 5) is 15.1. The minimum absolute atomic E-state index is 0.0346. The average molecular weight is 455 g/mol. The smallest absolute Gasteiger partial charge is 0.233 e. The first-order valence-electron chi connectivity index (χ1n) is 10.3. The van der Waals surface area contributed by atoms with Crippen LogP contribution in [0.5, 0.6) is 17.2 Å². The van der Waals surface area contributed by atoms with Crippen molar-refractivity contribution in [1.29, 1.82) is 0 Å². The Kier molecular flexibility index (Phi) is 6.84. The first kappa shape index (κ1) is 22.0. The molecule has 3 aromatic rings. The lowest BCUT2D eigenvalue weighted by Gasteiger charge is -2.26. The highest BCUT2D eigenvalue weighted by molar-refractivity contribution is 7.99. The van der Waals surface area contributed by atoms with Crippen LogP contribution in [0.15, 0.2) is 53.9 Å². The highest BCUT2D eigenvalue weighted by Crippen LogP contribution is 2.39. The number of likely N-dealkylation sites (tertiary alicyclic amines) is 1. The largest absolute Gasteiger partial charge is 0.497 e. The second-order valence-electron chi connectivity index (χ2n) is 7.32. The third kappa shape index (κ3) is 4.52. The number of rotatable bonds is 8. The Labute approximate surface area is 191 Å². The van der Waals surface area contributed by atoms with Crippen molar-refractivity contribution in [2.24, 2.45) is 0 Å². The van der Waals surface area contributed by atoms with Gasteiger partial charge in [0.15, 0.2) is 5.16 Å². The van der Waals surface area contributed by atoms with Gasteiger partial charge >= 0.3 is 0 Å². The van der Waals surface area contributed by atoms with Gasteiger partial charge in [0.1, 0.15) is 23.6 Å². The Hall–Kier alpha value is -3.20. The molecule has 0 spiro atoms. The molecule has 2 heterocycles. The van der Waals surface area contributed by atoms with Crippen LogP contribution in [0, 0.1) is 0 Å². The van der Waals surface area contributed by atoms with Crippen LogP contribution in [-0.2, 0) is 4.79 Å². The Morgan fingerprint density at radius 1 is 1.06 bits per heavy atom. The van der Waals surface area contributed by atoms with Crippen molar-refractivity contribution in [3.8, 4) is 22.9 Å². The Balaban J connectivity index is 1.47. The second kappa shape index (κ2) is 9.95. The molecule has 4 rings (SSSR count). The summed E-state index contributed by atoms with van der Waals surface area (Å²) < 4.78 is 18.0. The molecular weight excluding hydrogens is 428 g/mol. The molecule has 1 aliphatic rings. The molecule has 2 aromatic carbocycles. The summed E-state index contributed by atoms with van der Waals surface area (Å²) in [7, 11) is 4.92. The van der Waals surface area contributed by atoms with Gasteiger partial charge in [-0.1, -0.05) is 11.8 Å². The van der Waals surface area contributed by atoms with Crippen molar-refractivity contribution >= 4 is 17.7 Å². The van der Waals surface area contributed by atoms with E-state index in [0.29, 0.717) is 5.16 Å². The zero-order chi connectivity index (χ0) is 22.5. The predicted molar refractivity (Wildman–Crippen MR) is 122 cm³/mol. The van der Waals surface area contributed by atoms with E-state index in [1.54, 1.807) is 27.7 Å². The summed E-state index contributed by atoms with van der Waals surface area (Å²) in [6, 6.07) is 13.3. The van der Waals surface area contributed by atoms with E-state index in [0.717, 1.165) is 47.9 Å². The van der Waals surface area contributed by atoms with E-state index in [4.69, 9.17) is 14.2 Å². The van der Waals surface area contributed by atoms with Gasteiger partial charge in [-0.25, -0.2) is 0 Å². The molecule has 0 N–H and O–H groups in total. The van der Waals surface area contributed by atoms with Crippen LogP contribution in [-0.4, -0.2) is 59.2 Å². The van der Waals surface area contributed by atoms with Crippen LogP contribution in [0.25, 0.3) is 5.69 Å². The molecule has 1 unspecified atom stereocenters. The molecular formula is C23H26N4O4S. The molecule has 8 nitrogen and oxygen atoms in total. The molecule has 1 amide bonds. The Bertz CT molecular complexity index is 1070. The van der Waals surface area contributed by atoms with Crippen LogP contribution >= 0.6 is 11.8 Å². The van der Waals surface area contributed by atoms with E-state index in [1.165, 1.54) is 11.8 Å². The highest BCUT2D eigenvalue weighted by Gasteiger charge is 2.32. The molecule has 1 atom stereocenters. The number of aromatic nitrogens is 3. The topological polar surface area (TPSA) is 78.7 Å². The third-order valence-corrected chi connectivity index (χ3v) is 6.49. The van der Waals surface area contributed by atoms with Crippen LogP contribution in [0.1, 0.15) is 24.4 Å². The molecule has 1 fully saturated rings. The number of nitrogens with zero attached hydrogens (tertiary/aromatic N) is 4. The lowest BCUT2D eigenvalue weighted by atomic mass is 10.0. The van der Waals surface area contributed by atoms with E-state index in [1.807, 2.05) is 51.9 Å². The molecule has 0 bridgehead atoms. The SMILES string of the molecule is COc1ccc(-n2cnnc2SCC(=O)N2CCCC2c2cc(OC)ccc2OC)cc1. The van der Waals surface area contributed by atoms with Crippen molar-refractivity contribution in [2.45, 2.75) is 24.0 Å². The fraction of sp³-hybridized carbons (Fsp3) is 0.348. The van der Waals surface area contributed by atoms with Crippen LogP contribution < -0.4 is 14.2 Å². The Morgan fingerprint density at radius 2 is 1.81 bits per heavy atom. The van der Waals surface area contributed by atoms with Gasteiger partial charge in [-0.2, -0.15) is 0 Å². The number of benzene rings is 2. The van der Waals surface area contributed by atoms with Gasteiger partial charge < -0.3 is 19.1 Å². The lowest BCUT2D eigenvalue weighted by Crippen LogP contribution is -2.32. The minimum atomic E-state index is -0.0346. The van der Waals surface area contributed by atoms with E-state index in [9.17, 15) is 4.79 Å². The summed E-state index contributed by atoms with van der Waals surface area (Å²) in [6.07, 6.45) is 3.49. The standard InChI is InChI=1S/C23H26N4O4S/c1-29-17-8-6-16(7-9-17)27-15-24-25-23(27)32-14-22(28)26-12-4-5-20(26)19-13-18(30-2)10-11-21(19)31-3/h6-11,13,15,20H,4-5,12,14H2,1-3H3. The average Bonchev–Trinajstić information content (AvgIpc) is 3.52. The highest BCUT2D eigenvalue weighted by atomic mass is 32.2. The summed E-state index contributed by atoms with van der Waals surface area (Å²) in [5.41, 5.74) is 1.88. The van der Waals surface area contributed by atoms with Crippen molar-refractivity contribution < 1.29 is 19.0 Å². The predicted octanol–water partition coefficient (Wildman–Crippen LogP) is 3.75. The quantitative estimate of drug-likeness (QED) is 0.480. The molecule has 1 aromatic heterocycles. The molecule has 1 aliphatic heterocycles. The van der Waals surface area contributed by atoms with Gasteiger partial charge in [-0.05, 0) is 55.3 Å². The van der Waals surface area contributed by atoms with E-state index >= 15 is 0 Å². The number of carbonyl (C=O) groups excluding carboxylic acids is 1. The second-order valence-corrected chi connectivity index (χ2v) is 8.27. The number of ether oxygens (including phenoxy) is 3. The minimum Gasteiger partial charge on any atom is -0.497 e. The van der Waals surface area contributed by atoms with Gasteiger partial charge in [-0.3, -0.25) is 9.36 Å². The maximum absolute atomic E-state index is 13.2. The monoisotopic (exact) mass is 454 g/mol. The van der Waals surface area contributed by atoms with Crippen LogP contribution in [0.2, 0.25) is 0 Å². The van der Waals surface area contributed by atoms with Gasteiger partial charge in [0, 0.05) is 17.8 Å². The molecule has 168 valence electrons. The molecule has 0 saturated carbocycles. The zero-order valence-electron chi connectivity index (χ0n) is 18.4. The van der Waals surface area contributed by atoms with Crippen molar-refractivity contribution in [3.63, 3.8) is 0 Å². The van der Waals surface area contributed by atoms with Crippen molar-refractivity contribution in [2.75, 3.05) is 33.6 Å². The number of hydrogen-bond donors (Lipinski definition) is 0. The van der Waals surface area contributed by atoms with Crippen LogP contribution in [0.3, 0.4) is 0 Å². The van der Waals surface area contributed by atoms with Gasteiger partial charge in [0.05, 0.1) is 33.1 Å². The zero-order valence-corrected chi connectivity index (χ0v) is 19.2. The first-order chi connectivity index (χ1) is 15.6. The number of amides is 1. The van der Waals surface area contributed by atoms with E-state index in [-0.39, 0.29) is 17.7 Å². The van der Waals surface area contributed by atoms with E-state index < -0.39 is 0 Å². The maximum Gasteiger partial charge on any atom is 0.233 e. The summed E-state index contributed by atoms with van der Waals surface area (Å²) in [5.74, 6) is 2.63. The molecule has 32 heavy (non-hydrogen) atoms. The fourth-order valence-corrected chi connectivity index (χ4v) is 4.76. The summed E-state index contributed by atoms with van der Waals surface area (Å²) in [5, 5.41) is 8.89. The number of carbonyl (C=O) groups is 1. The normalized spacial score (nSPS) is 15.6. The number of methoxy groups -OCH3 is 3. The van der Waals surface area contributed by atoms with Crippen molar-refractivity contribution in [1.82, 2.24) is 19.7 Å². The molecule has 0 radical (unpaired) electrons. The summed E-state index contributed by atoms with van der Waals surface area (Å²) >= 11 is 1.38. The third-order valence-electron chi connectivity index (χ3n) is 5.56. The van der Waals surface area contributed by atoms with Crippen LogP contribution in [0.4, 0.5) is 0 Å². The van der Waals surface area contributed by atoms with Crippen molar-refractivity contribution in [3.05, 3.63) is 54.4 Å². The number of hydrogen-bond acceptors (Lipinski definition) is 7. The molecule has 0 aliphatic carbocycles.